The van der Waals surface area contributed by atoms with E-state index in [9.17, 15) is 4.79 Å². The van der Waals surface area contributed by atoms with Gasteiger partial charge in [-0.25, -0.2) is 4.98 Å². The molecule has 0 bridgehead atoms. The molecule has 1 saturated heterocycles. The summed E-state index contributed by atoms with van der Waals surface area (Å²) in [6, 6.07) is 13.6. The molecule has 0 spiro atoms. The lowest BCUT2D eigenvalue weighted by atomic mass is 10.0. The molecule has 1 amide bonds. The molecule has 3 aromatic rings. The number of hydrogen-bond donors (Lipinski definition) is 2. The minimum absolute atomic E-state index is 0.258. The van der Waals surface area contributed by atoms with Gasteiger partial charge in [0.15, 0.2) is 0 Å². The molecular weight excluding hydrogens is 520 g/mol. The van der Waals surface area contributed by atoms with E-state index in [1.807, 2.05) is 42.5 Å². The Bertz CT molecular complexity index is 1420. The summed E-state index contributed by atoms with van der Waals surface area (Å²) in [5.41, 5.74) is 5.35. The Morgan fingerprint density at radius 3 is 2.78 bits per heavy atom. The van der Waals surface area contributed by atoms with E-state index in [2.05, 4.69) is 45.1 Å². The molecule has 0 aliphatic carbocycles. The second kappa shape index (κ2) is 13.3. The number of nitrogens with one attached hydrogen (secondary N) is 2. The number of amides is 1. The summed E-state index contributed by atoms with van der Waals surface area (Å²) >= 11 is 0. The third-order valence-corrected chi connectivity index (χ3v) is 7.12. The first-order valence-corrected chi connectivity index (χ1v) is 13.7. The third-order valence-electron chi connectivity index (χ3n) is 7.12. The van der Waals surface area contributed by atoms with Crippen LogP contribution >= 0.6 is 0 Å². The first-order chi connectivity index (χ1) is 20.0. The summed E-state index contributed by atoms with van der Waals surface area (Å²) < 4.78 is 17.5. The van der Waals surface area contributed by atoms with Crippen LogP contribution in [0.25, 0.3) is 5.57 Å². The Morgan fingerprint density at radius 2 is 2.02 bits per heavy atom. The number of carbonyl (C=O) groups is 1. The van der Waals surface area contributed by atoms with Crippen molar-refractivity contribution in [3.8, 4) is 11.6 Å². The number of carbonyl (C=O) groups excluding carboxylic acids is 1. The van der Waals surface area contributed by atoms with Crippen molar-refractivity contribution >= 4 is 34.5 Å². The largest absolute Gasteiger partial charge is 0.494 e. The van der Waals surface area contributed by atoms with Crippen molar-refractivity contribution in [2.45, 2.75) is 13.0 Å². The van der Waals surface area contributed by atoms with Crippen molar-refractivity contribution in [1.29, 1.82) is 0 Å². The Kier molecular flexibility index (Phi) is 9.12. The Balaban J connectivity index is 1.37. The zero-order chi connectivity index (χ0) is 28.6. The first kappa shape index (κ1) is 28.1. The van der Waals surface area contributed by atoms with Crippen LogP contribution in [0.1, 0.15) is 17.5 Å². The van der Waals surface area contributed by atoms with Crippen LogP contribution in [0.4, 0.5) is 23.0 Å². The molecule has 1 fully saturated rings. The molecule has 2 N–H and O–H groups in total. The van der Waals surface area contributed by atoms with Gasteiger partial charge in [0.1, 0.15) is 12.4 Å². The van der Waals surface area contributed by atoms with E-state index < -0.39 is 0 Å². The molecule has 2 aliphatic rings. The molecule has 41 heavy (non-hydrogen) atoms. The van der Waals surface area contributed by atoms with E-state index in [4.69, 9.17) is 19.2 Å². The number of anilines is 4. The summed E-state index contributed by atoms with van der Waals surface area (Å²) in [5, 5.41) is 6.09. The highest BCUT2D eigenvalue weighted by Gasteiger charge is 2.18. The zero-order valence-corrected chi connectivity index (χ0v) is 23.6. The van der Waals surface area contributed by atoms with Crippen LogP contribution in [-0.4, -0.2) is 74.3 Å². The second-order valence-corrected chi connectivity index (χ2v) is 9.95. The molecule has 0 atom stereocenters. The molecule has 2 aromatic carbocycles. The molecule has 0 saturated carbocycles. The average molecular weight is 557 g/mol. The van der Waals surface area contributed by atoms with Gasteiger partial charge in [-0.2, -0.15) is 4.98 Å². The minimum atomic E-state index is -0.268. The summed E-state index contributed by atoms with van der Waals surface area (Å²) in [6.45, 7) is 8.94. The number of hydrogen-bond acceptors (Lipinski definition) is 9. The molecule has 1 aromatic heterocycles. The second-order valence-electron chi connectivity index (χ2n) is 9.95. The summed E-state index contributed by atoms with van der Waals surface area (Å²) in [5.74, 6) is 1.30. The highest BCUT2D eigenvalue weighted by molar-refractivity contribution is 5.98. The summed E-state index contributed by atoms with van der Waals surface area (Å²) in [4.78, 5) is 25.8. The normalized spacial score (nSPS) is 15.6. The van der Waals surface area contributed by atoms with Crippen LogP contribution in [0.5, 0.6) is 11.6 Å². The van der Waals surface area contributed by atoms with Crippen LogP contribution in [0.3, 0.4) is 0 Å². The molecule has 214 valence electrons. The number of methoxy groups -OCH3 is 1. The fourth-order valence-electron chi connectivity index (χ4n) is 4.78. The number of likely N-dealkylation sites (N-methyl/N-ethyl adjacent to an activating group) is 1. The predicted octanol–water partition coefficient (Wildman–Crippen LogP) is 4.49. The molecule has 3 heterocycles. The number of ether oxygens (including phenoxy) is 3. The predicted molar refractivity (Wildman–Crippen MR) is 161 cm³/mol. The van der Waals surface area contributed by atoms with Gasteiger partial charge in [0.05, 0.1) is 31.6 Å². The lowest BCUT2D eigenvalue weighted by Gasteiger charge is -2.34. The lowest BCUT2D eigenvalue weighted by Crippen LogP contribution is -2.44. The number of benzene rings is 2. The lowest BCUT2D eigenvalue weighted by molar-refractivity contribution is -0.111. The number of piperazine rings is 1. The van der Waals surface area contributed by atoms with Gasteiger partial charge in [-0.3, -0.25) is 4.79 Å². The van der Waals surface area contributed by atoms with Crippen molar-refractivity contribution in [1.82, 2.24) is 14.9 Å². The monoisotopic (exact) mass is 556 g/mol. The maximum absolute atomic E-state index is 11.7. The maximum Gasteiger partial charge on any atom is 0.247 e. The van der Waals surface area contributed by atoms with Gasteiger partial charge in [-0.15, -0.1) is 0 Å². The van der Waals surface area contributed by atoms with Gasteiger partial charge in [0.2, 0.25) is 17.7 Å². The fourth-order valence-corrected chi connectivity index (χ4v) is 4.78. The summed E-state index contributed by atoms with van der Waals surface area (Å²) in [6.07, 6.45) is 5.81. The topological polar surface area (TPSA) is 101 Å². The minimum Gasteiger partial charge on any atom is -0.494 e. The molecule has 2 aliphatic heterocycles. The van der Waals surface area contributed by atoms with E-state index >= 15 is 0 Å². The smallest absolute Gasteiger partial charge is 0.247 e. The highest BCUT2D eigenvalue weighted by atomic mass is 16.5. The van der Waals surface area contributed by atoms with Crippen LogP contribution in [-0.2, 0) is 16.1 Å². The standard InChI is InChI=1S/C31H36N6O4/c1-4-29(38)33-24-7-5-6-22(18-24)21-41-30-26(23-10-16-40-17-11-23)20-32-31(35-30)34-27-9-8-25(19-28(27)39-3)37-14-12-36(2)13-15-37/h4-10,18-20H,1,11-17,21H2,2-3H3,(H,33,38)(H,32,34,35). The van der Waals surface area contributed by atoms with Gasteiger partial charge in [-0.1, -0.05) is 24.8 Å². The van der Waals surface area contributed by atoms with E-state index in [1.165, 1.54) is 6.08 Å². The van der Waals surface area contributed by atoms with Crippen LogP contribution in [0, 0.1) is 0 Å². The Hall–Kier alpha value is -4.41. The first-order valence-electron chi connectivity index (χ1n) is 13.7. The van der Waals surface area contributed by atoms with Gasteiger partial charge < -0.3 is 34.6 Å². The maximum atomic E-state index is 11.7. The van der Waals surface area contributed by atoms with Gasteiger partial charge >= 0.3 is 0 Å². The van der Waals surface area contributed by atoms with E-state index in [1.54, 1.807) is 13.3 Å². The van der Waals surface area contributed by atoms with Crippen LogP contribution in [0.15, 0.2) is 67.4 Å². The molecule has 10 heteroatoms. The third kappa shape index (κ3) is 7.22. The Morgan fingerprint density at radius 1 is 1.17 bits per heavy atom. The van der Waals surface area contributed by atoms with Crippen molar-refractivity contribution in [2.24, 2.45) is 0 Å². The molecule has 10 nitrogen and oxygen atoms in total. The average Bonchev–Trinajstić information content (AvgIpc) is 3.01. The quantitative estimate of drug-likeness (QED) is 0.350. The fraction of sp³-hybridized carbons (Fsp3) is 0.323. The molecule has 0 unspecified atom stereocenters. The molecule has 0 radical (unpaired) electrons. The summed E-state index contributed by atoms with van der Waals surface area (Å²) in [7, 11) is 3.81. The van der Waals surface area contributed by atoms with E-state index in [0.717, 1.165) is 60.7 Å². The van der Waals surface area contributed by atoms with Crippen molar-refractivity contribution in [3.63, 3.8) is 0 Å². The number of rotatable bonds is 10. The van der Waals surface area contributed by atoms with Crippen LogP contribution in [0.2, 0.25) is 0 Å². The molecule has 5 rings (SSSR count). The van der Waals surface area contributed by atoms with Crippen molar-refractivity contribution < 1.29 is 19.0 Å². The zero-order valence-electron chi connectivity index (χ0n) is 23.6. The number of nitrogens with zero attached hydrogens (tertiary/aromatic N) is 4. The number of aromatic nitrogens is 2. The van der Waals surface area contributed by atoms with Gasteiger partial charge in [0, 0.05) is 49.8 Å². The Labute approximate surface area is 240 Å². The van der Waals surface area contributed by atoms with E-state index in [-0.39, 0.29) is 12.5 Å². The highest BCUT2D eigenvalue weighted by Crippen LogP contribution is 2.34. The van der Waals surface area contributed by atoms with Gasteiger partial charge in [-0.05, 0) is 54.9 Å². The van der Waals surface area contributed by atoms with E-state index in [0.29, 0.717) is 36.5 Å². The van der Waals surface area contributed by atoms with Crippen molar-refractivity contribution in [2.75, 3.05) is 69.1 Å². The van der Waals surface area contributed by atoms with Crippen LogP contribution < -0.4 is 25.0 Å². The SMILES string of the molecule is C=CC(=O)Nc1cccc(COc2nc(Nc3ccc(N4CCN(C)CC4)cc3OC)ncc2C2=CCOCC2)c1. The van der Waals surface area contributed by atoms with Crippen molar-refractivity contribution in [3.05, 3.63) is 78.5 Å². The molecular formula is C31H36N6O4. The van der Waals surface area contributed by atoms with Gasteiger partial charge in [0.25, 0.3) is 0 Å².